The maximum Gasteiger partial charge on any atom is 0.317 e. The molecule has 3 rings (SSSR count). The first kappa shape index (κ1) is 19.0. The molecule has 1 aliphatic rings. The van der Waals surface area contributed by atoms with Crippen LogP contribution in [0, 0.1) is 0 Å². The fraction of sp³-hybridized carbons (Fsp3) is 0.611. The van der Waals surface area contributed by atoms with E-state index in [1.165, 1.54) is 11.7 Å². The van der Waals surface area contributed by atoms with Gasteiger partial charge in [-0.15, -0.1) is 0 Å². The van der Waals surface area contributed by atoms with E-state index in [1.54, 1.807) is 4.90 Å². The van der Waals surface area contributed by atoms with Gasteiger partial charge in [-0.25, -0.2) is 4.79 Å². The molecule has 1 aliphatic heterocycles. The van der Waals surface area contributed by atoms with Crippen molar-refractivity contribution in [3.8, 4) is 0 Å². The van der Waals surface area contributed by atoms with E-state index in [2.05, 4.69) is 37.8 Å². The SMILES string of the molecule is CC(CCNC(=O)N(C)Cc1ccc2nsnc2c1)N1CCN(C)CC1. The van der Waals surface area contributed by atoms with Crippen LogP contribution in [0.3, 0.4) is 0 Å². The summed E-state index contributed by atoms with van der Waals surface area (Å²) in [6.45, 7) is 7.98. The molecular weight excluding hydrogens is 348 g/mol. The van der Waals surface area contributed by atoms with Crippen LogP contribution in [0.1, 0.15) is 18.9 Å². The Balaban J connectivity index is 1.41. The Bertz CT molecular complexity index is 727. The van der Waals surface area contributed by atoms with Gasteiger partial charge in [0.05, 0.1) is 11.7 Å². The highest BCUT2D eigenvalue weighted by molar-refractivity contribution is 7.00. The maximum absolute atomic E-state index is 12.3. The summed E-state index contributed by atoms with van der Waals surface area (Å²) >= 11 is 1.21. The van der Waals surface area contributed by atoms with Gasteiger partial charge in [0.1, 0.15) is 11.0 Å². The molecule has 8 heteroatoms. The highest BCUT2D eigenvalue weighted by Crippen LogP contribution is 2.14. The van der Waals surface area contributed by atoms with Crippen molar-refractivity contribution >= 4 is 28.8 Å². The smallest absolute Gasteiger partial charge is 0.317 e. The fourth-order valence-corrected chi connectivity index (χ4v) is 3.76. The van der Waals surface area contributed by atoms with Gasteiger partial charge in [0.15, 0.2) is 0 Å². The molecule has 2 aromatic rings. The Morgan fingerprint density at radius 3 is 2.77 bits per heavy atom. The fourth-order valence-electron chi connectivity index (χ4n) is 3.24. The molecule has 1 unspecified atom stereocenters. The van der Waals surface area contributed by atoms with Crippen molar-refractivity contribution in [1.82, 2.24) is 28.8 Å². The van der Waals surface area contributed by atoms with Crippen molar-refractivity contribution in [3.05, 3.63) is 23.8 Å². The number of carbonyl (C=O) groups is 1. The second-order valence-corrected chi connectivity index (χ2v) is 7.68. The molecule has 0 aliphatic carbocycles. The molecule has 1 aromatic heterocycles. The van der Waals surface area contributed by atoms with Gasteiger partial charge >= 0.3 is 6.03 Å². The molecule has 0 bridgehead atoms. The van der Waals surface area contributed by atoms with Crippen LogP contribution >= 0.6 is 11.7 Å². The van der Waals surface area contributed by atoms with Crippen LogP contribution < -0.4 is 5.32 Å². The second kappa shape index (κ2) is 8.75. The first-order valence-corrected chi connectivity index (χ1v) is 9.88. The monoisotopic (exact) mass is 376 g/mol. The summed E-state index contributed by atoms with van der Waals surface area (Å²) < 4.78 is 8.46. The molecule has 1 atom stereocenters. The summed E-state index contributed by atoms with van der Waals surface area (Å²) in [6.07, 6.45) is 0.972. The van der Waals surface area contributed by atoms with E-state index >= 15 is 0 Å². The van der Waals surface area contributed by atoms with Crippen molar-refractivity contribution in [2.24, 2.45) is 0 Å². The van der Waals surface area contributed by atoms with Gasteiger partial charge in [0.2, 0.25) is 0 Å². The van der Waals surface area contributed by atoms with E-state index in [0.29, 0.717) is 19.1 Å². The highest BCUT2D eigenvalue weighted by Gasteiger charge is 2.19. The molecule has 7 nitrogen and oxygen atoms in total. The van der Waals surface area contributed by atoms with Gasteiger partial charge in [-0.05, 0) is 38.1 Å². The number of rotatable bonds is 6. The summed E-state index contributed by atoms with van der Waals surface area (Å²) in [5.41, 5.74) is 2.86. The highest BCUT2D eigenvalue weighted by atomic mass is 32.1. The number of benzene rings is 1. The number of urea groups is 1. The van der Waals surface area contributed by atoms with Gasteiger partial charge in [0.25, 0.3) is 0 Å². The van der Waals surface area contributed by atoms with Crippen LogP contribution in [0.2, 0.25) is 0 Å². The Morgan fingerprint density at radius 2 is 2.00 bits per heavy atom. The van der Waals surface area contributed by atoms with Crippen molar-refractivity contribution in [2.75, 3.05) is 46.8 Å². The normalized spacial score (nSPS) is 17.3. The number of amides is 2. The van der Waals surface area contributed by atoms with Crippen molar-refractivity contribution in [3.63, 3.8) is 0 Å². The zero-order valence-electron chi connectivity index (χ0n) is 15.8. The Morgan fingerprint density at radius 1 is 1.27 bits per heavy atom. The largest absolute Gasteiger partial charge is 0.338 e. The number of likely N-dealkylation sites (N-methyl/N-ethyl adjacent to an activating group) is 1. The Labute approximate surface area is 159 Å². The standard InChI is InChI=1S/C18H28N6OS/c1-14(24-10-8-22(2)9-11-24)6-7-19-18(25)23(3)13-15-4-5-16-17(12-15)21-26-20-16/h4-5,12,14H,6-11,13H2,1-3H3,(H,19,25). The molecule has 0 radical (unpaired) electrons. The van der Waals surface area contributed by atoms with E-state index < -0.39 is 0 Å². The maximum atomic E-state index is 12.3. The first-order chi connectivity index (χ1) is 12.5. The van der Waals surface area contributed by atoms with Crippen LogP contribution in [0.4, 0.5) is 4.79 Å². The van der Waals surface area contributed by atoms with Gasteiger partial charge in [-0.1, -0.05) is 6.07 Å². The van der Waals surface area contributed by atoms with E-state index in [0.717, 1.165) is 49.2 Å². The summed E-state index contributed by atoms with van der Waals surface area (Å²) in [6, 6.07) is 6.42. The average molecular weight is 377 g/mol. The van der Waals surface area contributed by atoms with E-state index in [-0.39, 0.29) is 6.03 Å². The lowest BCUT2D eigenvalue weighted by Gasteiger charge is -2.36. The quantitative estimate of drug-likeness (QED) is 0.834. The summed E-state index contributed by atoms with van der Waals surface area (Å²) in [5, 5.41) is 3.04. The number of nitrogens with one attached hydrogen (secondary N) is 1. The van der Waals surface area contributed by atoms with E-state index in [1.807, 2.05) is 25.2 Å². The molecule has 1 N–H and O–H groups in total. The van der Waals surface area contributed by atoms with Gasteiger partial charge < -0.3 is 15.1 Å². The van der Waals surface area contributed by atoms with Gasteiger partial charge in [0, 0.05) is 52.4 Å². The zero-order valence-corrected chi connectivity index (χ0v) is 16.6. The van der Waals surface area contributed by atoms with Crippen molar-refractivity contribution < 1.29 is 4.79 Å². The molecule has 26 heavy (non-hydrogen) atoms. The summed E-state index contributed by atoms with van der Waals surface area (Å²) in [5.74, 6) is 0. The van der Waals surface area contributed by atoms with E-state index in [4.69, 9.17) is 0 Å². The van der Waals surface area contributed by atoms with Crippen LogP contribution in [0.25, 0.3) is 11.0 Å². The van der Waals surface area contributed by atoms with Crippen molar-refractivity contribution in [1.29, 1.82) is 0 Å². The molecule has 0 saturated carbocycles. The lowest BCUT2D eigenvalue weighted by molar-refractivity contribution is 0.114. The third kappa shape index (κ3) is 4.90. The average Bonchev–Trinajstić information content (AvgIpc) is 3.09. The number of fused-ring (bicyclic) bond motifs is 1. The molecule has 1 saturated heterocycles. The number of hydrogen-bond acceptors (Lipinski definition) is 6. The molecule has 142 valence electrons. The molecule has 0 spiro atoms. The predicted molar refractivity (Wildman–Crippen MR) is 105 cm³/mol. The summed E-state index contributed by atoms with van der Waals surface area (Å²) in [7, 11) is 3.99. The number of piperazine rings is 1. The zero-order chi connectivity index (χ0) is 18.5. The lowest BCUT2D eigenvalue weighted by Crippen LogP contribution is -2.49. The van der Waals surface area contributed by atoms with Crippen LogP contribution in [-0.4, -0.2) is 82.3 Å². The van der Waals surface area contributed by atoms with E-state index in [9.17, 15) is 4.79 Å². The lowest BCUT2D eigenvalue weighted by atomic mass is 10.1. The third-order valence-electron chi connectivity index (χ3n) is 5.08. The second-order valence-electron chi connectivity index (χ2n) is 7.15. The van der Waals surface area contributed by atoms with Crippen LogP contribution in [-0.2, 0) is 6.54 Å². The first-order valence-electron chi connectivity index (χ1n) is 9.15. The predicted octanol–water partition coefficient (Wildman–Crippen LogP) is 1.86. The topological polar surface area (TPSA) is 64.6 Å². The number of nitrogens with zero attached hydrogens (tertiary/aromatic N) is 5. The van der Waals surface area contributed by atoms with Crippen LogP contribution in [0.15, 0.2) is 18.2 Å². The Hall–Kier alpha value is -1.77. The third-order valence-corrected chi connectivity index (χ3v) is 5.64. The number of aromatic nitrogens is 2. The molecule has 1 fully saturated rings. The summed E-state index contributed by atoms with van der Waals surface area (Å²) in [4.78, 5) is 18.9. The minimum atomic E-state index is -0.0351. The molecular formula is C18H28N6OS. The molecule has 2 heterocycles. The van der Waals surface area contributed by atoms with Gasteiger partial charge in [-0.2, -0.15) is 8.75 Å². The number of hydrogen-bond donors (Lipinski definition) is 1. The van der Waals surface area contributed by atoms with Gasteiger partial charge in [-0.3, -0.25) is 4.90 Å². The molecule has 2 amide bonds. The number of carbonyl (C=O) groups excluding carboxylic acids is 1. The minimum Gasteiger partial charge on any atom is -0.338 e. The minimum absolute atomic E-state index is 0.0351. The Kier molecular flexibility index (Phi) is 6.39. The molecule has 1 aromatic carbocycles. The van der Waals surface area contributed by atoms with Crippen molar-refractivity contribution in [2.45, 2.75) is 25.9 Å². The van der Waals surface area contributed by atoms with Crippen LogP contribution in [0.5, 0.6) is 0 Å².